The molecule has 3 aromatic rings. The number of hydrogen-bond donors (Lipinski definition) is 3. The Balaban J connectivity index is 2.03. The van der Waals surface area contributed by atoms with Crippen molar-refractivity contribution in [2.45, 2.75) is 13.5 Å². The van der Waals surface area contributed by atoms with Crippen molar-refractivity contribution < 1.29 is 4.42 Å². The van der Waals surface area contributed by atoms with Crippen LogP contribution in [0.2, 0.25) is 0 Å². The molecule has 0 unspecified atom stereocenters. The van der Waals surface area contributed by atoms with E-state index in [1.807, 2.05) is 19.1 Å². The van der Waals surface area contributed by atoms with Gasteiger partial charge in [0.15, 0.2) is 5.65 Å². The molecule has 0 saturated heterocycles. The van der Waals surface area contributed by atoms with Crippen LogP contribution in [-0.2, 0) is 6.54 Å². The number of furan rings is 1. The van der Waals surface area contributed by atoms with Crippen LogP contribution < -0.4 is 16.2 Å². The summed E-state index contributed by atoms with van der Waals surface area (Å²) >= 11 is 0. The van der Waals surface area contributed by atoms with Gasteiger partial charge in [-0.1, -0.05) is 0 Å². The van der Waals surface area contributed by atoms with Gasteiger partial charge in [-0.2, -0.15) is 15.1 Å². The summed E-state index contributed by atoms with van der Waals surface area (Å²) in [4.78, 5) is 10.7. The minimum Gasteiger partial charge on any atom is -0.467 e. The first-order valence-corrected chi connectivity index (χ1v) is 6.27. The third-order valence-corrected chi connectivity index (χ3v) is 3.03. The van der Waals surface area contributed by atoms with Gasteiger partial charge in [0.05, 0.1) is 24.4 Å². The summed E-state index contributed by atoms with van der Waals surface area (Å²) in [5.74, 6) is 7.38. The van der Waals surface area contributed by atoms with Gasteiger partial charge in [0.2, 0.25) is 5.95 Å². The van der Waals surface area contributed by atoms with Crippen LogP contribution in [0.4, 0.5) is 11.8 Å². The lowest BCUT2D eigenvalue weighted by Crippen LogP contribution is -2.24. The fourth-order valence-electron chi connectivity index (χ4n) is 2.05. The van der Waals surface area contributed by atoms with E-state index in [0.717, 1.165) is 23.5 Å². The van der Waals surface area contributed by atoms with Crippen molar-refractivity contribution >= 4 is 22.8 Å². The third-order valence-electron chi connectivity index (χ3n) is 3.03. The highest BCUT2D eigenvalue weighted by molar-refractivity contribution is 5.87. The number of aromatic nitrogens is 4. The second kappa shape index (κ2) is 5.17. The minimum absolute atomic E-state index is 0.342. The Morgan fingerprint density at radius 1 is 1.45 bits per heavy atom. The molecule has 4 N–H and O–H groups in total. The number of fused-ring (bicyclic) bond motifs is 1. The van der Waals surface area contributed by atoms with E-state index in [1.165, 1.54) is 0 Å². The molecule has 3 heterocycles. The number of nitrogens with two attached hydrogens (primary N) is 1. The van der Waals surface area contributed by atoms with E-state index in [4.69, 9.17) is 10.3 Å². The van der Waals surface area contributed by atoms with E-state index in [2.05, 4.69) is 30.5 Å². The van der Waals surface area contributed by atoms with E-state index in [1.54, 1.807) is 12.5 Å². The molecular formula is C12H15N7O. The van der Waals surface area contributed by atoms with Crippen molar-refractivity contribution in [1.29, 1.82) is 0 Å². The summed E-state index contributed by atoms with van der Waals surface area (Å²) in [6.07, 6.45) is 3.36. The molecule has 8 nitrogen and oxygen atoms in total. The van der Waals surface area contributed by atoms with Gasteiger partial charge in [-0.3, -0.25) is 10.5 Å². The topological polar surface area (TPSA) is 109 Å². The summed E-state index contributed by atoms with van der Waals surface area (Å²) in [7, 11) is 0. The minimum atomic E-state index is 0.342. The van der Waals surface area contributed by atoms with Gasteiger partial charge >= 0.3 is 0 Å². The molecule has 104 valence electrons. The lowest BCUT2D eigenvalue weighted by atomic mass is 10.3. The second-order valence-electron chi connectivity index (χ2n) is 4.24. The van der Waals surface area contributed by atoms with Crippen molar-refractivity contribution in [3.05, 3.63) is 30.4 Å². The Labute approximate surface area is 115 Å². The molecule has 0 fully saturated rings. The van der Waals surface area contributed by atoms with Gasteiger partial charge in [-0.15, -0.1) is 0 Å². The zero-order valence-electron chi connectivity index (χ0n) is 11.0. The van der Waals surface area contributed by atoms with E-state index in [0.29, 0.717) is 18.1 Å². The molecule has 0 aliphatic heterocycles. The van der Waals surface area contributed by atoms with E-state index in [9.17, 15) is 0 Å². The molecular weight excluding hydrogens is 258 g/mol. The Morgan fingerprint density at radius 3 is 3.05 bits per heavy atom. The average molecular weight is 273 g/mol. The summed E-state index contributed by atoms with van der Waals surface area (Å²) in [5.41, 5.74) is 3.11. The molecule has 0 aliphatic carbocycles. The van der Waals surface area contributed by atoms with Gasteiger partial charge in [0.1, 0.15) is 11.6 Å². The van der Waals surface area contributed by atoms with Crippen LogP contribution in [0.3, 0.4) is 0 Å². The van der Waals surface area contributed by atoms with Gasteiger partial charge in [-0.05, 0) is 19.1 Å². The first-order chi connectivity index (χ1) is 9.81. The van der Waals surface area contributed by atoms with Crippen molar-refractivity contribution in [3.63, 3.8) is 0 Å². The highest BCUT2D eigenvalue weighted by Gasteiger charge is 2.15. The van der Waals surface area contributed by atoms with Crippen LogP contribution in [-0.4, -0.2) is 26.7 Å². The molecule has 3 rings (SSSR count). The van der Waals surface area contributed by atoms with Crippen LogP contribution >= 0.6 is 0 Å². The van der Waals surface area contributed by atoms with Crippen molar-refractivity contribution in [2.75, 3.05) is 16.9 Å². The SMILES string of the molecule is CCN(Cc1ccco1)c1nc(NN)nc2[nH]ncc12. The first-order valence-electron chi connectivity index (χ1n) is 6.27. The molecule has 0 aromatic carbocycles. The van der Waals surface area contributed by atoms with Crippen molar-refractivity contribution in [1.82, 2.24) is 20.2 Å². The highest BCUT2D eigenvalue weighted by atomic mass is 16.3. The number of nitrogens with zero attached hydrogens (tertiary/aromatic N) is 4. The Hall–Kier alpha value is -2.61. The lowest BCUT2D eigenvalue weighted by molar-refractivity contribution is 0.503. The molecule has 20 heavy (non-hydrogen) atoms. The predicted octanol–water partition coefficient (Wildman–Crippen LogP) is 1.26. The van der Waals surface area contributed by atoms with E-state index in [-0.39, 0.29) is 0 Å². The zero-order chi connectivity index (χ0) is 13.9. The number of hydrogen-bond acceptors (Lipinski definition) is 7. The second-order valence-corrected chi connectivity index (χ2v) is 4.24. The highest BCUT2D eigenvalue weighted by Crippen LogP contribution is 2.25. The number of anilines is 2. The Morgan fingerprint density at radius 2 is 2.35 bits per heavy atom. The Kier molecular flexibility index (Phi) is 3.21. The number of nitrogens with one attached hydrogen (secondary N) is 2. The zero-order valence-corrected chi connectivity index (χ0v) is 11.0. The van der Waals surface area contributed by atoms with E-state index >= 15 is 0 Å². The lowest BCUT2D eigenvalue weighted by Gasteiger charge is -2.21. The number of nitrogen functional groups attached to an aromatic ring is 1. The molecule has 0 amide bonds. The maximum absolute atomic E-state index is 5.41. The quantitative estimate of drug-likeness (QED) is 0.474. The molecule has 8 heteroatoms. The van der Waals surface area contributed by atoms with Crippen molar-refractivity contribution in [3.8, 4) is 0 Å². The standard InChI is InChI=1S/C12H15N7O/c1-2-19(7-8-4-3-5-20-8)11-9-6-14-18-10(9)15-12(16-11)17-13/h3-6H,2,7,13H2,1H3,(H2,14,15,16,17,18). The molecule has 0 spiro atoms. The molecule has 0 bridgehead atoms. The van der Waals surface area contributed by atoms with Crippen molar-refractivity contribution in [2.24, 2.45) is 5.84 Å². The van der Waals surface area contributed by atoms with Crippen LogP contribution in [0.25, 0.3) is 11.0 Å². The third kappa shape index (κ3) is 2.16. The number of H-pyrrole nitrogens is 1. The molecule has 0 radical (unpaired) electrons. The number of aromatic amines is 1. The summed E-state index contributed by atoms with van der Waals surface area (Å²) in [6, 6.07) is 3.79. The van der Waals surface area contributed by atoms with Gasteiger partial charge < -0.3 is 9.32 Å². The maximum Gasteiger partial charge on any atom is 0.241 e. The van der Waals surface area contributed by atoms with Crippen LogP contribution in [0.1, 0.15) is 12.7 Å². The van der Waals surface area contributed by atoms with Crippen LogP contribution in [0.15, 0.2) is 29.0 Å². The largest absolute Gasteiger partial charge is 0.467 e. The molecule has 0 saturated carbocycles. The number of rotatable bonds is 5. The summed E-state index contributed by atoms with van der Waals surface area (Å²) < 4.78 is 5.39. The summed E-state index contributed by atoms with van der Waals surface area (Å²) in [6.45, 7) is 3.43. The summed E-state index contributed by atoms with van der Waals surface area (Å²) in [5, 5.41) is 7.68. The maximum atomic E-state index is 5.41. The van der Waals surface area contributed by atoms with Gasteiger partial charge in [-0.25, -0.2) is 5.84 Å². The van der Waals surface area contributed by atoms with E-state index < -0.39 is 0 Å². The fourth-order valence-corrected chi connectivity index (χ4v) is 2.05. The molecule has 3 aromatic heterocycles. The normalized spacial score (nSPS) is 10.9. The number of hydrazine groups is 1. The molecule has 0 atom stereocenters. The Bertz CT molecular complexity index is 691. The average Bonchev–Trinajstić information content (AvgIpc) is 3.14. The van der Waals surface area contributed by atoms with Gasteiger partial charge in [0, 0.05) is 6.54 Å². The van der Waals surface area contributed by atoms with Crippen LogP contribution in [0.5, 0.6) is 0 Å². The van der Waals surface area contributed by atoms with Crippen LogP contribution in [0, 0.1) is 0 Å². The van der Waals surface area contributed by atoms with Gasteiger partial charge in [0.25, 0.3) is 0 Å². The smallest absolute Gasteiger partial charge is 0.241 e. The predicted molar refractivity (Wildman–Crippen MR) is 74.9 cm³/mol. The molecule has 0 aliphatic rings. The fraction of sp³-hybridized carbons (Fsp3) is 0.250. The monoisotopic (exact) mass is 273 g/mol. The first kappa shape index (κ1) is 12.4.